The fourth-order valence-electron chi connectivity index (χ4n) is 3.51. The molecule has 0 aliphatic heterocycles. The van der Waals surface area contributed by atoms with Crippen LogP contribution in [0.3, 0.4) is 0 Å². The number of rotatable bonds is 5. The maximum absolute atomic E-state index is 2.33. The molecule has 0 saturated heterocycles. The second-order valence-electron chi connectivity index (χ2n) is 6.80. The van der Waals surface area contributed by atoms with Gasteiger partial charge in [-0.15, -0.1) is 0 Å². The predicted molar refractivity (Wildman–Crippen MR) is 113 cm³/mol. The molecule has 0 aliphatic rings. The minimum absolute atomic E-state index is 0.432. The van der Waals surface area contributed by atoms with Crippen LogP contribution in [-0.2, 0) is 7.05 Å². The predicted octanol–water partition coefficient (Wildman–Crippen LogP) is 5.07. The van der Waals surface area contributed by atoms with Crippen molar-refractivity contribution in [3.05, 3.63) is 102 Å². The molecule has 4 aromatic rings. The first-order chi connectivity index (χ1) is 12.7. The van der Waals surface area contributed by atoms with Crippen LogP contribution in [0.1, 0.15) is 22.6 Å². The third-order valence-electron chi connectivity index (χ3n) is 4.94. The number of benzene rings is 3. The summed E-state index contributed by atoms with van der Waals surface area (Å²) in [6, 6.07) is 28.8. The molecule has 1 heterocycles. The van der Waals surface area contributed by atoms with E-state index in [0.29, 0.717) is 20.9 Å². The molecule has 1 aromatic heterocycles. The Hall–Kier alpha value is -2.28. The van der Waals surface area contributed by atoms with Crippen LogP contribution in [0.4, 0.5) is 0 Å². The van der Waals surface area contributed by atoms with Crippen LogP contribution >= 0.6 is 0 Å². The van der Waals surface area contributed by atoms with Gasteiger partial charge in [-0.2, -0.15) is 0 Å². The van der Waals surface area contributed by atoms with Gasteiger partial charge in [0.25, 0.3) is 0 Å². The van der Waals surface area contributed by atoms with Gasteiger partial charge < -0.3 is 0 Å². The number of para-hydroxylation sites is 1. The summed E-state index contributed by atoms with van der Waals surface area (Å²) in [4.78, 5) is 0. The number of hydrogen-bond acceptors (Lipinski definition) is 0. The standard InChI is InChI=1S/C24H23NSe/c1-18-12-14-19(15-13-18)23(17-26-20-8-4-3-5-9-20)22-16-25(2)24-11-7-6-10-21(22)24/h3-16,23H,17H2,1-2H3. The van der Waals surface area contributed by atoms with Gasteiger partial charge in [-0.05, 0) is 0 Å². The molecule has 0 fully saturated rings. The molecule has 0 aliphatic carbocycles. The summed E-state index contributed by atoms with van der Waals surface area (Å²) in [5.74, 6) is 0.432. The molecule has 0 amide bonds. The number of nitrogens with zero attached hydrogens (tertiary/aromatic N) is 1. The van der Waals surface area contributed by atoms with Crippen LogP contribution < -0.4 is 4.46 Å². The maximum atomic E-state index is 2.33. The Bertz CT molecular complexity index is 1000. The van der Waals surface area contributed by atoms with Crippen molar-refractivity contribution < 1.29 is 0 Å². The van der Waals surface area contributed by atoms with E-state index in [9.17, 15) is 0 Å². The first kappa shape index (κ1) is 17.1. The topological polar surface area (TPSA) is 4.93 Å². The van der Waals surface area contributed by atoms with E-state index >= 15 is 0 Å². The third-order valence-corrected chi connectivity index (χ3v) is 7.26. The molecule has 0 N–H and O–H groups in total. The van der Waals surface area contributed by atoms with Crippen LogP contribution in [-0.4, -0.2) is 19.5 Å². The Labute approximate surface area is 161 Å². The van der Waals surface area contributed by atoms with Gasteiger partial charge in [-0.25, -0.2) is 0 Å². The zero-order chi connectivity index (χ0) is 17.9. The molecule has 2 heteroatoms. The van der Waals surface area contributed by atoms with Crippen molar-refractivity contribution in [3.8, 4) is 0 Å². The fourth-order valence-corrected chi connectivity index (χ4v) is 5.78. The molecule has 0 bridgehead atoms. The zero-order valence-electron chi connectivity index (χ0n) is 15.2. The summed E-state index contributed by atoms with van der Waals surface area (Å²) >= 11 is 0.452. The molecule has 3 aromatic carbocycles. The quantitative estimate of drug-likeness (QED) is 0.410. The van der Waals surface area contributed by atoms with Gasteiger partial charge in [-0.1, -0.05) is 0 Å². The van der Waals surface area contributed by atoms with Gasteiger partial charge in [0.1, 0.15) is 0 Å². The van der Waals surface area contributed by atoms with Crippen molar-refractivity contribution in [1.29, 1.82) is 0 Å². The first-order valence-electron chi connectivity index (χ1n) is 9.01. The van der Waals surface area contributed by atoms with E-state index in [1.54, 1.807) is 0 Å². The molecule has 4 rings (SSSR count). The monoisotopic (exact) mass is 405 g/mol. The second kappa shape index (κ2) is 7.53. The number of hydrogen-bond donors (Lipinski definition) is 0. The number of aryl methyl sites for hydroxylation is 2. The first-order valence-corrected chi connectivity index (χ1v) is 11.1. The van der Waals surface area contributed by atoms with Crippen molar-refractivity contribution in [3.63, 3.8) is 0 Å². The summed E-state index contributed by atoms with van der Waals surface area (Å²) < 4.78 is 3.74. The number of aromatic nitrogens is 1. The van der Waals surface area contributed by atoms with Crippen LogP contribution in [0.2, 0.25) is 5.32 Å². The molecule has 0 radical (unpaired) electrons. The zero-order valence-corrected chi connectivity index (χ0v) is 16.9. The molecule has 130 valence electrons. The SMILES string of the molecule is Cc1ccc(C(C[Se]c2ccccc2)c2cn(C)c3ccccc23)cc1. The Morgan fingerprint density at radius 2 is 1.54 bits per heavy atom. The Morgan fingerprint density at radius 1 is 0.846 bits per heavy atom. The van der Waals surface area contributed by atoms with E-state index in [-0.39, 0.29) is 0 Å². The summed E-state index contributed by atoms with van der Waals surface area (Å²) in [6.45, 7) is 2.16. The van der Waals surface area contributed by atoms with Crippen LogP contribution in [0.15, 0.2) is 85.1 Å². The molecule has 0 spiro atoms. The van der Waals surface area contributed by atoms with Gasteiger partial charge in [0.05, 0.1) is 0 Å². The van der Waals surface area contributed by atoms with Crippen molar-refractivity contribution in [2.45, 2.75) is 18.2 Å². The van der Waals surface area contributed by atoms with E-state index in [1.165, 1.54) is 37.4 Å². The molecular weight excluding hydrogens is 381 g/mol. The average Bonchev–Trinajstić information content (AvgIpc) is 3.01. The van der Waals surface area contributed by atoms with Crippen LogP contribution in [0.5, 0.6) is 0 Å². The van der Waals surface area contributed by atoms with Gasteiger partial charge in [0.2, 0.25) is 0 Å². The minimum atomic E-state index is 0.432. The van der Waals surface area contributed by atoms with Gasteiger partial charge >= 0.3 is 162 Å². The molecule has 1 unspecified atom stereocenters. The fraction of sp³-hybridized carbons (Fsp3) is 0.167. The van der Waals surface area contributed by atoms with Crippen molar-refractivity contribution in [2.24, 2.45) is 7.05 Å². The van der Waals surface area contributed by atoms with E-state index in [2.05, 4.69) is 104 Å². The van der Waals surface area contributed by atoms with E-state index in [1.807, 2.05) is 0 Å². The summed E-state index contributed by atoms with van der Waals surface area (Å²) in [6.07, 6.45) is 2.33. The Kier molecular flexibility index (Phi) is 4.97. The molecule has 0 saturated carbocycles. The van der Waals surface area contributed by atoms with Crippen LogP contribution in [0.25, 0.3) is 10.9 Å². The molecular formula is C24H23NSe. The van der Waals surface area contributed by atoms with Gasteiger partial charge in [0, 0.05) is 0 Å². The van der Waals surface area contributed by atoms with Gasteiger partial charge in [0.15, 0.2) is 0 Å². The van der Waals surface area contributed by atoms with Crippen molar-refractivity contribution >= 4 is 30.3 Å². The van der Waals surface area contributed by atoms with E-state index < -0.39 is 0 Å². The molecule has 1 nitrogen and oxygen atoms in total. The Balaban J connectivity index is 1.75. The second-order valence-corrected chi connectivity index (χ2v) is 9.09. The molecule has 26 heavy (non-hydrogen) atoms. The summed E-state index contributed by atoms with van der Waals surface area (Å²) in [5.41, 5.74) is 5.50. The Morgan fingerprint density at radius 3 is 2.31 bits per heavy atom. The normalized spacial score (nSPS) is 12.4. The van der Waals surface area contributed by atoms with Crippen molar-refractivity contribution in [2.75, 3.05) is 0 Å². The summed E-state index contributed by atoms with van der Waals surface area (Å²) in [5, 5.41) is 2.55. The average molecular weight is 404 g/mol. The third kappa shape index (κ3) is 3.49. The summed E-state index contributed by atoms with van der Waals surface area (Å²) in [7, 11) is 2.15. The van der Waals surface area contributed by atoms with E-state index in [4.69, 9.17) is 0 Å². The molecule has 1 atom stereocenters. The van der Waals surface area contributed by atoms with Crippen LogP contribution in [0, 0.1) is 6.92 Å². The van der Waals surface area contributed by atoms with Crippen molar-refractivity contribution in [1.82, 2.24) is 4.57 Å². The van der Waals surface area contributed by atoms with E-state index in [0.717, 1.165) is 0 Å². The number of fused-ring (bicyclic) bond motifs is 1. The van der Waals surface area contributed by atoms with Gasteiger partial charge in [-0.3, -0.25) is 0 Å².